The van der Waals surface area contributed by atoms with E-state index in [0.29, 0.717) is 10.8 Å². The van der Waals surface area contributed by atoms with E-state index >= 15 is 0 Å². The van der Waals surface area contributed by atoms with E-state index in [1.165, 1.54) is 35.6 Å². The van der Waals surface area contributed by atoms with Crippen molar-refractivity contribution in [3.05, 3.63) is 64.8 Å². The van der Waals surface area contributed by atoms with Crippen LogP contribution < -0.4 is 10.0 Å². The first-order valence-corrected chi connectivity index (χ1v) is 10.6. The van der Waals surface area contributed by atoms with Crippen LogP contribution in [0.4, 0.5) is 15.2 Å². The molecule has 2 aromatic carbocycles. The van der Waals surface area contributed by atoms with E-state index in [1.54, 1.807) is 24.3 Å². The highest BCUT2D eigenvalue weighted by molar-refractivity contribution is 7.92. The van der Waals surface area contributed by atoms with Gasteiger partial charge in [0.25, 0.3) is 5.91 Å². The topological polar surface area (TPSA) is 88.2 Å². The number of halogens is 1. The van der Waals surface area contributed by atoms with Crippen LogP contribution in [0.25, 0.3) is 11.3 Å². The minimum atomic E-state index is -3.52. The van der Waals surface area contributed by atoms with Gasteiger partial charge < -0.3 is 0 Å². The van der Waals surface area contributed by atoms with Crippen molar-refractivity contribution in [1.82, 2.24) is 4.98 Å². The van der Waals surface area contributed by atoms with Crippen molar-refractivity contribution in [2.75, 3.05) is 16.3 Å². The Morgan fingerprint density at radius 2 is 1.78 bits per heavy atom. The molecule has 0 fully saturated rings. The Kier molecular flexibility index (Phi) is 5.24. The van der Waals surface area contributed by atoms with Gasteiger partial charge in [-0.05, 0) is 43.3 Å². The zero-order valence-electron chi connectivity index (χ0n) is 14.5. The zero-order valence-corrected chi connectivity index (χ0v) is 16.1. The van der Waals surface area contributed by atoms with E-state index < -0.39 is 15.9 Å². The second kappa shape index (κ2) is 7.45. The van der Waals surface area contributed by atoms with E-state index in [4.69, 9.17) is 0 Å². The Morgan fingerprint density at radius 3 is 2.44 bits per heavy atom. The van der Waals surface area contributed by atoms with Crippen LogP contribution in [-0.2, 0) is 10.0 Å². The van der Waals surface area contributed by atoms with Crippen LogP contribution in [0.3, 0.4) is 0 Å². The summed E-state index contributed by atoms with van der Waals surface area (Å²) in [5.74, 6) is -0.823. The van der Waals surface area contributed by atoms with E-state index in [0.717, 1.165) is 16.7 Å². The number of carbonyl (C=O) groups excluding carboxylic acids is 1. The number of thiazole rings is 1. The summed E-state index contributed by atoms with van der Waals surface area (Å²) < 4.78 is 38.4. The van der Waals surface area contributed by atoms with Gasteiger partial charge >= 0.3 is 0 Å². The number of aryl methyl sites for hydroxylation is 1. The first-order valence-electron chi connectivity index (χ1n) is 7.84. The second-order valence-corrected chi connectivity index (χ2v) is 8.76. The fraction of sp³-hybridized carbons (Fsp3) is 0.111. The van der Waals surface area contributed by atoms with Gasteiger partial charge in [0.2, 0.25) is 10.0 Å². The molecule has 0 aliphatic heterocycles. The molecule has 1 aromatic heterocycles. The van der Waals surface area contributed by atoms with E-state index in [1.807, 2.05) is 6.92 Å². The van der Waals surface area contributed by atoms with Crippen LogP contribution in [0.1, 0.15) is 15.2 Å². The first kappa shape index (κ1) is 19.0. The molecule has 0 radical (unpaired) electrons. The number of hydrogen-bond acceptors (Lipinski definition) is 5. The Bertz CT molecular complexity index is 1090. The summed E-state index contributed by atoms with van der Waals surface area (Å²) in [6.07, 6.45) is 1.01. The predicted octanol–water partition coefficient (Wildman–Crippen LogP) is 3.88. The van der Waals surface area contributed by atoms with Crippen molar-refractivity contribution in [3.8, 4) is 11.3 Å². The molecule has 0 saturated heterocycles. The average molecular weight is 405 g/mol. The van der Waals surface area contributed by atoms with Crippen molar-refractivity contribution >= 4 is 38.1 Å². The number of amides is 1. The molecule has 6 nitrogen and oxygen atoms in total. The van der Waals surface area contributed by atoms with Crippen molar-refractivity contribution in [1.29, 1.82) is 0 Å². The summed E-state index contributed by atoms with van der Waals surface area (Å²) in [6.45, 7) is 1.85. The SMILES string of the molecule is Cc1sc(NC(=O)c2ccccc2NS(C)(=O)=O)nc1-c1ccc(F)cc1. The molecule has 0 atom stereocenters. The van der Waals surface area contributed by atoms with Gasteiger partial charge in [0.05, 0.1) is 23.2 Å². The van der Waals surface area contributed by atoms with Gasteiger partial charge in [0.1, 0.15) is 5.82 Å². The van der Waals surface area contributed by atoms with Crippen LogP contribution in [0.5, 0.6) is 0 Å². The maximum absolute atomic E-state index is 13.1. The first-order chi connectivity index (χ1) is 12.7. The van der Waals surface area contributed by atoms with Gasteiger partial charge in [-0.2, -0.15) is 0 Å². The standard InChI is InChI=1S/C18H16FN3O3S2/c1-11-16(12-7-9-13(19)10-8-12)20-18(26-11)21-17(23)14-5-3-4-6-15(14)22-27(2,24)25/h3-10,22H,1-2H3,(H,20,21,23). The number of nitrogens with one attached hydrogen (secondary N) is 2. The molecule has 2 N–H and O–H groups in total. The number of nitrogens with zero attached hydrogens (tertiary/aromatic N) is 1. The summed E-state index contributed by atoms with van der Waals surface area (Å²) in [5, 5.41) is 3.05. The summed E-state index contributed by atoms with van der Waals surface area (Å²) in [7, 11) is -3.52. The summed E-state index contributed by atoms with van der Waals surface area (Å²) in [5.41, 5.74) is 1.76. The van der Waals surface area contributed by atoms with Gasteiger partial charge in [-0.3, -0.25) is 14.8 Å². The highest BCUT2D eigenvalue weighted by Crippen LogP contribution is 2.31. The lowest BCUT2D eigenvalue weighted by atomic mass is 10.1. The zero-order chi connectivity index (χ0) is 19.6. The normalized spacial score (nSPS) is 11.2. The summed E-state index contributed by atoms with van der Waals surface area (Å²) in [6, 6.07) is 12.2. The van der Waals surface area contributed by atoms with Crippen LogP contribution in [-0.4, -0.2) is 25.6 Å². The van der Waals surface area contributed by atoms with E-state index in [9.17, 15) is 17.6 Å². The Labute approximate surface area is 160 Å². The third kappa shape index (κ3) is 4.69. The molecule has 27 heavy (non-hydrogen) atoms. The number of rotatable bonds is 5. The summed E-state index contributed by atoms with van der Waals surface area (Å²) >= 11 is 1.28. The van der Waals surface area contributed by atoms with Crippen LogP contribution in [0.15, 0.2) is 48.5 Å². The maximum atomic E-state index is 13.1. The molecule has 0 unspecified atom stereocenters. The molecule has 0 saturated carbocycles. The summed E-state index contributed by atoms with van der Waals surface area (Å²) in [4.78, 5) is 17.9. The predicted molar refractivity (Wildman–Crippen MR) is 105 cm³/mol. The lowest BCUT2D eigenvalue weighted by Gasteiger charge is -2.09. The average Bonchev–Trinajstić information content (AvgIpc) is 2.95. The third-order valence-electron chi connectivity index (χ3n) is 3.60. The molecule has 0 bridgehead atoms. The van der Waals surface area contributed by atoms with Crippen LogP contribution in [0.2, 0.25) is 0 Å². The Morgan fingerprint density at radius 1 is 1.11 bits per heavy atom. The van der Waals surface area contributed by atoms with Gasteiger partial charge in [-0.25, -0.2) is 17.8 Å². The van der Waals surface area contributed by atoms with Crippen molar-refractivity contribution < 1.29 is 17.6 Å². The quantitative estimate of drug-likeness (QED) is 0.674. The molecule has 3 rings (SSSR count). The third-order valence-corrected chi connectivity index (χ3v) is 5.08. The number of sulfonamides is 1. The number of para-hydroxylation sites is 1. The van der Waals surface area contributed by atoms with Gasteiger partial charge in [-0.15, -0.1) is 11.3 Å². The molecule has 0 aliphatic rings. The monoisotopic (exact) mass is 405 g/mol. The van der Waals surface area contributed by atoms with Gasteiger partial charge in [0, 0.05) is 10.4 Å². The lowest BCUT2D eigenvalue weighted by molar-refractivity contribution is 0.102. The molecule has 3 aromatic rings. The maximum Gasteiger partial charge on any atom is 0.259 e. The largest absolute Gasteiger partial charge is 0.298 e. The van der Waals surface area contributed by atoms with Gasteiger partial charge in [-0.1, -0.05) is 12.1 Å². The molecular weight excluding hydrogens is 389 g/mol. The molecule has 140 valence electrons. The molecule has 9 heteroatoms. The molecule has 0 aliphatic carbocycles. The number of aromatic nitrogens is 1. The number of hydrogen-bond donors (Lipinski definition) is 2. The minimum Gasteiger partial charge on any atom is -0.298 e. The number of carbonyl (C=O) groups is 1. The van der Waals surface area contributed by atoms with E-state index in [-0.39, 0.29) is 17.1 Å². The smallest absolute Gasteiger partial charge is 0.259 e. The number of benzene rings is 2. The second-order valence-electron chi connectivity index (χ2n) is 5.80. The van der Waals surface area contributed by atoms with Crippen LogP contribution in [0, 0.1) is 12.7 Å². The fourth-order valence-electron chi connectivity index (χ4n) is 2.46. The minimum absolute atomic E-state index is 0.180. The van der Waals surface area contributed by atoms with Crippen LogP contribution >= 0.6 is 11.3 Å². The molecule has 1 amide bonds. The highest BCUT2D eigenvalue weighted by Gasteiger charge is 2.17. The number of anilines is 2. The van der Waals surface area contributed by atoms with Crippen molar-refractivity contribution in [3.63, 3.8) is 0 Å². The Balaban J connectivity index is 1.86. The molecule has 0 spiro atoms. The highest BCUT2D eigenvalue weighted by atomic mass is 32.2. The molecular formula is C18H16FN3O3S2. The fourth-order valence-corrected chi connectivity index (χ4v) is 3.87. The van der Waals surface area contributed by atoms with Crippen molar-refractivity contribution in [2.24, 2.45) is 0 Å². The molecule has 1 heterocycles. The Hall–Kier alpha value is -2.78. The van der Waals surface area contributed by atoms with Gasteiger partial charge in [0.15, 0.2) is 5.13 Å². The lowest BCUT2D eigenvalue weighted by Crippen LogP contribution is -2.17. The van der Waals surface area contributed by atoms with E-state index in [2.05, 4.69) is 15.0 Å². The van der Waals surface area contributed by atoms with Crippen molar-refractivity contribution in [2.45, 2.75) is 6.92 Å².